The number of aliphatic imine (C=N–C) groups is 1. The number of carboxylic acids is 1. The number of aliphatic carboxylic acids is 1. The van der Waals surface area contributed by atoms with Crippen LogP contribution in [0.2, 0.25) is 0 Å². The summed E-state index contributed by atoms with van der Waals surface area (Å²) in [6.45, 7) is 0.557. The van der Waals surface area contributed by atoms with Gasteiger partial charge in [-0.25, -0.2) is 4.79 Å². The van der Waals surface area contributed by atoms with Gasteiger partial charge in [0.25, 0.3) is 0 Å². The van der Waals surface area contributed by atoms with Crippen molar-refractivity contribution < 1.29 is 9.90 Å². The maximum absolute atomic E-state index is 10.7. The number of hydrogen-bond acceptors (Lipinski definition) is 3. The summed E-state index contributed by atoms with van der Waals surface area (Å²) in [5.74, 6) is -0.761. The molecular formula is C8H16ClN3O2. The number of amidine groups is 1. The molecule has 0 rings (SSSR count). The van der Waals surface area contributed by atoms with Crippen molar-refractivity contribution in [3.05, 3.63) is 0 Å². The Balaban J connectivity index is 4.09. The topological polar surface area (TPSA) is 102 Å². The highest BCUT2D eigenvalue weighted by Crippen LogP contribution is 2.05. The molecule has 1 atom stereocenters. The zero-order valence-electron chi connectivity index (χ0n) is 7.95. The summed E-state index contributed by atoms with van der Waals surface area (Å²) >= 11 is 5.39. The van der Waals surface area contributed by atoms with Gasteiger partial charge in [0.15, 0.2) is 0 Å². The third-order valence-electron chi connectivity index (χ3n) is 1.68. The van der Waals surface area contributed by atoms with Gasteiger partial charge in [0.2, 0.25) is 0 Å². The number of hydrogen-bond donors (Lipinski definition) is 3. The number of carbonyl (C=O) groups is 1. The second-order valence-electron chi connectivity index (χ2n) is 2.89. The van der Waals surface area contributed by atoms with Crippen molar-refractivity contribution in [2.75, 3.05) is 12.4 Å². The Morgan fingerprint density at radius 3 is 2.57 bits per heavy atom. The van der Waals surface area contributed by atoms with Crippen LogP contribution in [0, 0.1) is 0 Å². The first-order valence-corrected chi connectivity index (χ1v) is 4.96. The highest BCUT2D eigenvalue weighted by Gasteiger charge is 2.15. The molecule has 0 saturated carbocycles. The van der Waals surface area contributed by atoms with Gasteiger partial charge in [-0.2, -0.15) is 0 Å². The lowest BCUT2D eigenvalue weighted by Gasteiger charge is -2.07. The molecule has 0 unspecified atom stereocenters. The predicted molar refractivity (Wildman–Crippen MR) is 56.7 cm³/mol. The van der Waals surface area contributed by atoms with Crippen molar-refractivity contribution >= 4 is 23.4 Å². The van der Waals surface area contributed by atoms with Gasteiger partial charge < -0.3 is 16.6 Å². The number of carboxylic acid groups (broad SMARTS) is 1. The van der Waals surface area contributed by atoms with Gasteiger partial charge in [0, 0.05) is 0 Å². The Morgan fingerprint density at radius 1 is 1.50 bits per heavy atom. The van der Waals surface area contributed by atoms with Crippen molar-refractivity contribution in [2.45, 2.75) is 25.3 Å². The van der Waals surface area contributed by atoms with E-state index in [9.17, 15) is 4.79 Å². The lowest BCUT2D eigenvalue weighted by molar-refractivity contribution is -0.138. The molecule has 0 aromatic carbocycles. The van der Waals surface area contributed by atoms with Gasteiger partial charge in [0.05, 0.1) is 5.88 Å². The predicted octanol–water partition coefficient (Wildman–Crippen LogP) is 0.165. The highest BCUT2D eigenvalue weighted by atomic mass is 35.5. The minimum Gasteiger partial charge on any atom is -0.480 e. The molecule has 14 heavy (non-hydrogen) atoms. The van der Waals surface area contributed by atoms with Gasteiger partial charge in [-0.15, -0.1) is 11.6 Å². The monoisotopic (exact) mass is 221 g/mol. The Kier molecular flexibility index (Phi) is 7.14. The van der Waals surface area contributed by atoms with E-state index in [2.05, 4.69) is 4.99 Å². The molecule has 0 saturated heterocycles. The van der Waals surface area contributed by atoms with E-state index >= 15 is 0 Å². The Hall–Kier alpha value is -0.810. The van der Waals surface area contributed by atoms with Crippen molar-refractivity contribution in [1.29, 1.82) is 0 Å². The van der Waals surface area contributed by atoms with Gasteiger partial charge in [-0.05, 0) is 25.8 Å². The maximum Gasteiger partial charge on any atom is 0.328 e. The van der Waals surface area contributed by atoms with Crippen LogP contribution in [-0.4, -0.2) is 35.4 Å². The van der Waals surface area contributed by atoms with E-state index in [-0.39, 0.29) is 11.7 Å². The van der Waals surface area contributed by atoms with E-state index < -0.39 is 12.0 Å². The summed E-state index contributed by atoms with van der Waals surface area (Å²) in [4.78, 5) is 14.5. The zero-order chi connectivity index (χ0) is 11.0. The quantitative estimate of drug-likeness (QED) is 0.247. The Labute approximate surface area is 88.1 Å². The number of unbranched alkanes of at least 4 members (excludes halogenated alkanes) is 1. The van der Waals surface area contributed by atoms with Crippen LogP contribution in [0.25, 0.3) is 0 Å². The molecule has 0 aliphatic heterocycles. The fourth-order valence-corrected chi connectivity index (χ4v) is 1.03. The van der Waals surface area contributed by atoms with E-state index in [1.807, 2.05) is 0 Å². The third kappa shape index (κ3) is 5.77. The first kappa shape index (κ1) is 13.2. The molecule has 0 heterocycles. The minimum atomic E-state index is -0.977. The van der Waals surface area contributed by atoms with Crippen LogP contribution >= 0.6 is 11.6 Å². The van der Waals surface area contributed by atoms with E-state index in [4.69, 9.17) is 28.2 Å². The number of nitrogens with two attached hydrogens (primary N) is 2. The summed E-state index contributed by atoms with van der Waals surface area (Å²) < 4.78 is 0. The molecule has 5 nitrogen and oxygen atoms in total. The van der Waals surface area contributed by atoms with Crippen LogP contribution in [0.15, 0.2) is 4.99 Å². The van der Waals surface area contributed by atoms with Crippen LogP contribution in [0.4, 0.5) is 0 Å². The van der Waals surface area contributed by atoms with E-state index in [0.29, 0.717) is 13.0 Å². The van der Waals surface area contributed by atoms with Crippen molar-refractivity contribution in [2.24, 2.45) is 16.5 Å². The first-order valence-electron chi connectivity index (χ1n) is 4.42. The molecule has 0 aromatic heterocycles. The molecule has 0 fully saturated rings. The van der Waals surface area contributed by atoms with Gasteiger partial charge >= 0.3 is 5.97 Å². The Morgan fingerprint density at radius 2 is 2.14 bits per heavy atom. The largest absolute Gasteiger partial charge is 0.480 e. The van der Waals surface area contributed by atoms with Crippen molar-refractivity contribution in [3.63, 3.8) is 0 Å². The van der Waals surface area contributed by atoms with Gasteiger partial charge in [-0.1, -0.05) is 0 Å². The Bertz CT molecular complexity index is 209. The number of alkyl halides is 1. The maximum atomic E-state index is 10.7. The SMILES string of the molecule is NCCCC[C@H](N=C(N)CCl)C(=O)O. The van der Waals surface area contributed by atoms with Gasteiger partial charge in [-0.3, -0.25) is 4.99 Å². The second kappa shape index (κ2) is 7.58. The average molecular weight is 222 g/mol. The smallest absolute Gasteiger partial charge is 0.328 e. The summed E-state index contributed by atoms with van der Waals surface area (Å²) in [5, 5.41) is 8.78. The molecule has 0 aliphatic carbocycles. The summed E-state index contributed by atoms with van der Waals surface area (Å²) in [7, 11) is 0. The fraction of sp³-hybridized carbons (Fsp3) is 0.750. The molecule has 82 valence electrons. The van der Waals surface area contributed by atoms with Crippen LogP contribution in [-0.2, 0) is 4.79 Å². The molecule has 0 aliphatic rings. The van der Waals surface area contributed by atoms with Crippen molar-refractivity contribution in [1.82, 2.24) is 0 Å². The lowest BCUT2D eigenvalue weighted by Crippen LogP contribution is -2.24. The number of halogens is 1. The number of rotatable bonds is 7. The summed E-state index contributed by atoms with van der Waals surface area (Å²) in [5.41, 5.74) is 10.6. The third-order valence-corrected chi connectivity index (χ3v) is 1.95. The zero-order valence-corrected chi connectivity index (χ0v) is 8.70. The molecule has 5 N–H and O–H groups in total. The molecule has 0 bridgehead atoms. The minimum absolute atomic E-state index is 0.0562. The van der Waals surface area contributed by atoms with Crippen LogP contribution in [0.3, 0.4) is 0 Å². The standard InChI is InChI=1S/C8H16ClN3O2/c9-5-7(11)12-6(8(13)14)3-1-2-4-10/h6H,1-5,10H2,(H2,11,12)(H,13,14)/t6-/m0/s1. The van der Waals surface area contributed by atoms with Gasteiger partial charge in [0.1, 0.15) is 11.9 Å². The summed E-state index contributed by atoms with van der Waals surface area (Å²) in [6, 6.07) is -0.791. The van der Waals surface area contributed by atoms with Crippen LogP contribution in [0.1, 0.15) is 19.3 Å². The number of nitrogens with zero attached hydrogens (tertiary/aromatic N) is 1. The molecule has 6 heteroatoms. The van der Waals surface area contributed by atoms with Crippen LogP contribution < -0.4 is 11.5 Å². The highest BCUT2D eigenvalue weighted by molar-refractivity contribution is 6.28. The normalized spacial score (nSPS) is 14.0. The summed E-state index contributed by atoms with van der Waals surface area (Å²) in [6.07, 6.45) is 1.97. The lowest BCUT2D eigenvalue weighted by atomic mass is 10.1. The van der Waals surface area contributed by atoms with Crippen LogP contribution in [0.5, 0.6) is 0 Å². The van der Waals surface area contributed by atoms with E-state index in [1.165, 1.54) is 0 Å². The van der Waals surface area contributed by atoms with E-state index in [0.717, 1.165) is 12.8 Å². The molecule has 0 aromatic rings. The second-order valence-corrected chi connectivity index (χ2v) is 3.16. The average Bonchev–Trinajstić information content (AvgIpc) is 2.16. The molecular weight excluding hydrogens is 206 g/mol. The molecule has 0 amide bonds. The molecule has 0 radical (unpaired) electrons. The van der Waals surface area contributed by atoms with Crippen molar-refractivity contribution in [3.8, 4) is 0 Å². The first-order chi connectivity index (χ1) is 6.61. The fourth-order valence-electron chi connectivity index (χ4n) is 0.960. The van der Waals surface area contributed by atoms with E-state index in [1.54, 1.807) is 0 Å². The molecule has 0 spiro atoms.